The van der Waals surface area contributed by atoms with E-state index in [1.165, 1.54) is 6.33 Å². The smallest absolute Gasteiger partial charge is 0.253 e. The molecule has 13 heteroatoms. The number of amides is 1. The topological polar surface area (TPSA) is 153 Å². The Kier molecular flexibility index (Phi) is 8.84. The Bertz CT molecular complexity index is 1550. The molecule has 216 valence electrons. The molecule has 1 fully saturated rings. The van der Waals surface area contributed by atoms with Gasteiger partial charge in [0.2, 0.25) is 5.95 Å². The zero-order chi connectivity index (χ0) is 29.5. The number of methoxy groups -OCH3 is 2. The van der Waals surface area contributed by atoms with Gasteiger partial charge >= 0.3 is 0 Å². The fourth-order valence-corrected chi connectivity index (χ4v) is 4.75. The lowest BCUT2D eigenvalue weighted by molar-refractivity contribution is 0.0351. The van der Waals surface area contributed by atoms with Crippen molar-refractivity contribution in [3.63, 3.8) is 0 Å². The molecule has 0 saturated carbocycles. The van der Waals surface area contributed by atoms with Gasteiger partial charge < -0.3 is 24.4 Å². The molecule has 2 aromatic heterocycles. The number of anilines is 2. The molecule has 1 saturated heterocycles. The van der Waals surface area contributed by atoms with Gasteiger partial charge in [0.05, 0.1) is 31.0 Å². The van der Waals surface area contributed by atoms with E-state index in [-0.39, 0.29) is 18.1 Å². The third-order valence-electron chi connectivity index (χ3n) is 7.01. The lowest BCUT2D eigenvalue weighted by Crippen LogP contribution is -2.40. The summed E-state index contributed by atoms with van der Waals surface area (Å²) >= 11 is 0. The summed E-state index contributed by atoms with van der Waals surface area (Å²) in [7, 11) is 3.27. The van der Waals surface area contributed by atoms with Crippen LogP contribution in [0.2, 0.25) is 0 Å². The van der Waals surface area contributed by atoms with Gasteiger partial charge in [0.15, 0.2) is 0 Å². The number of ether oxygens (including phenoxy) is 3. The Morgan fingerprint density at radius 2 is 1.88 bits per heavy atom. The number of hydrogen-bond donors (Lipinski definition) is 1. The number of likely N-dealkylation sites (tertiary alicyclic amines) is 1. The first kappa shape index (κ1) is 28.4. The maximum absolute atomic E-state index is 13.2. The predicted octanol–water partition coefficient (Wildman–Crippen LogP) is 3.47. The molecule has 3 heterocycles. The second kappa shape index (κ2) is 13.0. The minimum absolute atomic E-state index is 0.0439. The molecular formula is C29H31N9O4. The van der Waals surface area contributed by atoms with Crippen LogP contribution in [0.5, 0.6) is 11.5 Å². The summed E-state index contributed by atoms with van der Waals surface area (Å²) in [5, 5.41) is 23.9. The number of carbonyl (C=O) groups is 1. The predicted molar refractivity (Wildman–Crippen MR) is 152 cm³/mol. The molecule has 0 spiro atoms. The van der Waals surface area contributed by atoms with Gasteiger partial charge in [-0.2, -0.15) is 5.26 Å². The van der Waals surface area contributed by atoms with E-state index in [0.717, 1.165) is 24.0 Å². The lowest BCUT2D eigenvalue weighted by Gasteiger charge is -2.31. The number of aromatic nitrogens is 6. The van der Waals surface area contributed by atoms with Gasteiger partial charge in [-0.25, -0.2) is 14.6 Å². The summed E-state index contributed by atoms with van der Waals surface area (Å²) < 4.78 is 18.5. The van der Waals surface area contributed by atoms with Crippen LogP contribution in [0.4, 0.5) is 11.6 Å². The minimum Gasteiger partial charge on any atom is -0.495 e. The molecule has 1 N–H and O–H groups in total. The van der Waals surface area contributed by atoms with E-state index in [2.05, 4.69) is 36.9 Å². The molecule has 0 radical (unpaired) electrons. The van der Waals surface area contributed by atoms with Gasteiger partial charge in [-0.15, -0.1) is 5.10 Å². The fraction of sp³-hybridized carbons (Fsp3) is 0.345. The largest absolute Gasteiger partial charge is 0.495 e. The highest BCUT2D eigenvalue weighted by Crippen LogP contribution is 2.31. The zero-order valence-electron chi connectivity index (χ0n) is 23.6. The van der Waals surface area contributed by atoms with Gasteiger partial charge in [0.1, 0.15) is 30.0 Å². The van der Waals surface area contributed by atoms with E-state index in [0.29, 0.717) is 53.9 Å². The number of carbonyl (C=O) groups excluding carboxylic acids is 1. The average Bonchev–Trinajstić information content (AvgIpc) is 3.54. The van der Waals surface area contributed by atoms with E-state index in [1.54, 1.807) is 61.6 Å². The molecule has 0 aliphatic carbocycles. The van der Waals surface area contributed by atoms with Crippen molar-refractivity contribution in [3.8, 4) is 28.7 Å². The molecule has 4 aromatic rings. The van der Waals surface area contributed by atoms with Crippen molar-refractivity contribution in [1.29, 1.82) is 5.26 Å². The van der Waals surface area contributed by atoms with Gasteiger partial charge in [0, 0.05) is 43.7 Å². The van der Waals surface area contributed by atoms with Crippen molar-refractivity contribution in [2.75, 3.05) is 32.6 Å². The number of nitrogens with one attached hydrogen (secondary N) is 1. The number of hydrogen-bond acceptors (Lipinski definition) is 11. The standard InChI is InChI=1S/C29H31N9O4/c1-19(17-38-18-33-35-36-38)42-27-13-20(4-5-22(27)14-30)23-15-31-29(32-16-23)34-25-12-21(6-7-26(25)41-3)28(39)37-10-8-24(40-2)9-11-37/h4-7,12-13,15-16,18-19,24H,8-11,17H2,1-3H3,(H,31,32,34). The number of nitriles is 1. The van der Waals surface area contributed by atoms with Crippen molar-refractivity contribution in [1.82, 2.24) is 35.1 Å². The van der Waals surface area contributed by atoms with Crippen molar-refractivity contribution >= 4 is 17.5 Å². The van der Waals surface area contributed by atoms with E-state index in [9.17, 15) is 10.1 Å². The first-order valence-electron chi connectivity index (χ1n) is 13.5. The Morgan fingerprint density at radius 3 is 2.55 bits per heavy atom. The molecule has 0 bridgehead atoms. The first-order chi connectivity index (χ1) is 20.5. The van der Waals surface area contributed by atoms with E-state index >= 15 is 0 Å². The third-order valence-corrected chi connectivity index (χ3v) is 7.01. The highest BCUT2D eigenvalue weighted by Gasteiger charge is 2.24. The summed E-state index contributed by atoms with van der Waals surface area (Å²) in [4.78, 5) is 24.0. The van der Waals surface area contributed by atoms with Crippen molar-refractivity contribution < 1.29 is 19.0 Å². The van der Waals surface area contributed by atoms with Gasteiger partial charge in [-0.3, -0.25) is 4.79 Å². The first-order valence-corrected chi connectivity index (χ1v) is 13.5. The quantitative estimate of drug-likeness (QED) is 0.299. The Hall–Kier alpha value is -5.09. The molecule has 1 aliphatic rings. The van der Waals surface area contributed by atoms with Crippen LogP contribution in [0, 0.1) is 11.3 Å². The number of rotatable bonds is 10. The summed E-state index contributed by atoms with van der Waals surface area (Å²) in [6.07, 6.45) is 6.39. The summed E-state index contributed by atoms with van der Waals surface area (Å²) in [5.74, 6) is 1.29. The highest BCUT2D eigenvalue weighted by atomic mass is 16.5. The second-order valence-electron chi connectivity index (χ2n) is 9.85. The second-order valence-corrected chi connectivity index (χ2v) is 9.85. The maximum Gasteiger partial charge on any atom is 0.253 e. The summed E-state index contributed by atoms with van der Waals surface area (Å²) in [6.45, 7) is 3.60. The average molecular weight is 570 g/mol. The van der Waals surface area contributed by atoms with E-state index < -0.39 is 0 Å². The molecule has 1 amide bonds. The van der Waals surface area contributed by atoms with Crippen LogP contribution in [0.1, 0.15) is 35.7 Å². The van der Waals surface area contributed by atoms with Crippen LogP contribution in [0.15, 0.2) is 55.1 Å². The van der Waals surface area contributed by atoms with Gasteiger partial charge in [0.25, 0.3) is 5.91 Å². The Balaban J connectivity index is 1.30. The molecule has 5 rings (SSSR count). The fourth-order valence-electron chi connectivity index (χ4n) is 4.75. The molecule has 1 aliphatic heterocycles. The van der Waals surface area contributed by atoms with Crippen LogP contribution in [-0.2, 0) is 11.3 Å². The van der Waals surface area contributed by atoms with Crippen LogP contribution < -0.4 is 14.8 Å². The lowest BCUT2D eigenvalue weighted by atomic mass is 10.1. The summed E-state index contributed by atoms with van der Waals surface area (Å²) in [5.41, 5.74) is 3.05. The molecule has 13 nitrogen and oxygen atoms in total. The van der Waals surface area contributed by atoms with E-state index in [4.69, 9.17) is 14.2 Å². The van der Waals surface area contributed by atoms with Crippen LogP contribution >= 0.6 is 0 Å². The molecule has 2 aromatic carbocycles. The van der Waals surface area contributed by atoms with Crippen LogP contribution in [0.3, 0.4) is 0 Å². The van der Waals surface area contributed by atoms with Gasteiger partial charge in [-0.05, 0) is 66.1 Å². The maximum atomic E-state index is 13.2. The van der Waals surface area contributed by atoms with Crippen molar-refractivity contribution in [3.05, 3.63) is 66.2 Å². The molecule has 1 atom stereocenters. The molecular weight excluding hydrogens is 538 g/mol. The Morgan fingerprint density at radius 1 is 1.10 bits per heavy atom. The molecule has 42 heavy (non-hydrogen) atoms. The third kappa shape index (κ3) is 6.61. The minimum atomic E-state index is -0.284. The zero-order valence-corrected chi connectivity index (χ0v) is 23.6. The number of tetrazole rings is 1. The number of nitrogens with zero attached hydrogens (tertiary/aromatic N) is 8. The van der Waals surface area contributed by atoms with Gasteiger partial charge in [-0.1, -0.05) is 6.07 Å². The molecule has 1 unspecified atom stereocenters. The highest BCUT2D eigenvalue weighted by molar-refractivity contribution is 5.96. The number of piperidine rings is 1. The Labute approximate surface area is 243 Å². The normalized spacial score (nSPS) is 14.2. The summed E-state index contributed by atoms with van der Waals surface area (Å²) in [6, 6.07) is 12.7. The monoisotopic (exact) mass is 569 g/mol. The number of benzene rings is 2. The van der Waals surface area contributed by atoms with Crippen molar-refractivity contribution in [2.45, 2.75) is 38.5 Å². The van der Waals surface area contributed by atoms with Crippen molar-refractivity contribution in [2.24, 2.45) is 0 Å². The SMILES string of the molecule is COc1ccc(C(=O)N2CCC(OC)CC2)cc1Nc1ncc(-c2ccc(C#N)c(OC(C)Cn3cnnn3)c2)cn1. The van der Waals surface area contributed by atoms with Crippen LogP contribution in [-0.4, -0.2) is 80.5 Å². The van der Waals surface area contributed by atoms with E-state index in [1.807, 2.05) is 17.9 Å². The van der Waals surface area contributed by atoms with Crippen LogP contribution in [0.25, 0.3) is 11.1 Å².